The number of carbonyl (C=O) groups is 1. The van der Waals surface area contributed by atoms with Crippen LogP contribution >= 0.6 is 61.8 Å². The third-order valence-corrected chi connectivity index (χ3v) is 9.03. The number of halogens is 3. The van der Waals surface area contributed by atoms with Crippen LogP contribution in [0.25, 0.3) is 0 Å². The lowest BCUT2D eigenvalue weighted by molar-refractivity contribution is 0.0698. The number of sulfonamides is 1. The first-order valence-corrected chi connectivity index (χ1v) is 11.4. The van der Waals surface area contributed by atoms with Crippen LogP contribution in [0.3, 0.4) is 0 Å². The monoisotopic (exact) mass is 488 g/mol. The highest BCUT2D eigenvalue weighted by Gasteiger charge is 2.32. The molecule has 24 heavy (non-hydrogen) atoms. The molecule has 3 heterocycles. The molecule has 1 amide bonds. The van der Waals surface area contributed by atoms with E-state index in [1.54, 1.807) is 23.1 Å². The normalized spacial score (nSPS) is 16.5. The SMILES string of the molecule is O=C(c1cc(Cl)sc1Cl)N1CCN(S(=O)(=O)c2ccc(Br)s2)CC1. The minimum absolute atomic E-state index is 0.223. The Morgan fingerprint density at radius 2 is 1.79 bits per heavy atom. The van der Waals surface area contributed by atoms with Crippen molar-refractivity contribution in [2.75, 3.05) is 26.2 Å². The maximum absolute atomic E-state index is 12.6. The summed E-state index contributed by atoms with van der Waals surface area (Å²) in [5.41, 5.74) is 0.366. The Hall–Kier alpha value is -0.160. The number of hydrogen-bond acceptors (Lipinski definition) is 5. The lowest BCUT2D eigenvalue weighted by Gasteiger charge is -2.33. The van der Waals surface area contributed by atoms with Crippen LogP contribution in [0.4, 0.5) is 0 Å². The third-order valence-electron chi connectivity index (χ3n) is 3.56. The van der Waals surface area contributed by atoms with Gasteiger partial charge >= 0.3 is 0 Å². The number of amides is 1. The van der Waals surface area contributed by atoms with Crippen LogP contribution in [-0.2, 0) is 10.0 Å². The molecule has 0 spiro atoms. The van der Waals surface area contributed by atoms with Gasteiger partial charge in [0.25, 0.3) is 15.9 Å². The molecule has 1 aliphatic rings. The molecule has 2 aromatic heterocycles. The Bertz CT molecular complexity index is 873. The molecule has 0 N–H and O–H groups in total. The Morgan fingerprint density at radius 3 is 2.29 bits per heavy atom. The van der Waals surface area contributed by atoms with E-state index in [-0.39, 0.29) is 19.0 Å². The minimum atomic E-state index is -3.52. The second kappa shape index (κ2) is 7.22. The topological polar surface area (TPSA) is 57.7 Å². The Morgan fingerprint density at radius 1 is 1.12 bits per heavy atom. The summed E-state index contributed by atoms with van der Waals surface area (Å²) in [5.74, 6) is -0.223. The summed E-state index contributed by atoms with van der Waals surface area (Å²) in [7, 11) is -3.52. The highest BCUT2D eigenvalue weighted by molar-refractivity contribution is 9.11. The van der Waals surface area contributed by atoms with Gasteiger partial charge in [0.1, 0.15) is 8.55 Å². The van der Waals surface area contributed by atoms with E-state index in [0.717, 1.165) is 15.1 Å². The second-order valence-electron chi connectivity index (χ2n) is 4.99. The first kappa shape index (κ1) is 18.6. The summed E-state index contributed by atoms with van der Waals surface area (Å²) in [5, 5.41) is 0. The highest BCUT2D eigenvalue weighted by atomic mass is 79.9. The van der Waals surface area contributed by atoms with Crippen molar-refractivity contribution in [3.8, 4) is 0 Å². The van der Waals surface area contributed by atoms with Crippen molar-refractivity contribution < 1.29 is 13.2 Å². The summed E-state index contributed by atoms with van der Waals surface area (Å²) in [6, 6.07) is 4.83. The molecule has 1 fully saturated rings. The zero-order valence-corrected chi connectivity index (χ0v) is 17.6. The fourth-order valence-corrected chi connectivity index (χ4v) is 7.39. The number of nitrogens with zero attached hydrogens (tertiary/aromatic N) is 2. The molecular formula is C13H11BrCl2N2O3S3. The van der Waals surface area contributed by atoms with E-state index >= 15 is 0 Å². The molecule has 0 saturated carbocycles. The van der Waals surface area contributed by atoms with Crippen LogP contribution in [0.5, 0.6) is 0 Å². The molecule has 1 aliphatic heterocycles. The van der Waals surface area contributed by atoms with Crippen molar-refractivity contribution in [3.05, 3.63) is 36.2 Å². The van der Waals surface area contributed by atoms with Gasteiger partial charge in [-0.2, -0.15) is 4.31 Å². The molecule has 0 radical (unpaired) electrons. The zero-order valence-electron chi connectivity index (χ0n) is 12.0. The molecular weight excluding hydrogens is 479 g/mol. The van der Waals surface area contributed by atoms with Crippen molar-refractivity contribution in [2.24, 2.45) is 0 Å². The number of carbonyl (C=O) groups excluding carboxylic acids is 1. The molecule has 2 aromatic rings. The number of thiophene rings is 2. The van der Waals surface area contributed by atoms with Crippen LogP contribution < -0.4 is 0 Å². The van der Waals surface area contributed by atoms with Crippen LogP contribution in [0.1, 0.15) is 10.4 Å². The van der Waals surface area contributed by atoms with Crippen LogP contribution in [0.15, 0.2) is 26.2 Å². The van der Waals surface area contributed by atoms with E-state index in [4.69, 9.17) is 23.2 Å². The zero-order chi connectivity index (χ0) is 17.5. The van der Waals surface area contributed by atoms with Crippen molar-refractivity contribution >= 4 is 77.7 Å². The quantitative estimate of drug-likeness (QED) is 0.654. The minimum Gasteiger partial charge on any atom is -0.336 e. The van der Waals surface area contributed by atoms with Gasteiger partial charge in [-0.3, -0.25) is 4.79 Å². The van der Waals surface area contributed by atoms with Crippen LogP contribution in [-0.4, -0.2) is 49.7 Å². The average molecular weight is 490 g/mol. The standard InChI is InChI=1S/C13H11BrCl2N2O3S3/c14-9-1-2-11(22-9)24(20,21)18-5-3-17(4-6-18)13(19)8-7-10(15)23-12(8)16/h1-2,7H,3-6H2. The van der Waals surface area contributed by atoms with E-state index < -0.39 is 10.0 Å². The first-order chi connectivity index (χ1) is 11.3. The van der Waals surface area contributed by atoms with Gasteiger partial charge in [-0.1, -0.05) is 23.2 Å². The molecule has 0 atom stereocenters. The third kappa shape index (κ3) is 3.67. The molecule has 11 heteroatoms. The summed E-state index contributed by atoms with van der Waals surface area (Å²) in [6.45, 7) is 1.13. The van der Waals surface area contributed by atoms with Gasteiger partial charge < -0.3 is 4.90 Å². The molecule has 0 aromatic carbocycles. The molecule has 5 nitrogen and oxygen atoms in total. The Labute approximate surface area is 166 Å². The van der Waals surface area contributed by atoms with Gasteiger partial charge in [0, 0.05) is 26.2 Å². The van der Waals surface area contributed by atoms with Crippen molar-refractivity contribution in [1.29, 1.82) is 0 Å². The molecule has 0 aliphatic carbocycles. The fourth-order valence-electron chi connectivity index (χ4n) is 2.35. The predicted molar refractivity (Wildman–Crippen MR) is 101 cm³/mol. The van der Waals surface area contributed by atoms with Gasteiger partial charge in [-0.25, -0.2) is 8.42 Å². The lowest BCUT2D eigenvalue weighted by Crippen LogP contribution is -2.50. The van der Waals surface area contributed by atoms with E-state index in [2.05, 4.69) is 15.9 Å². The van der Waals surface area contributed by atoms with E-state index in [9.17, 15) is 13.2 Å². The largest absolute Gasteiger partial charge is 0.336 e. The van der Waals surface area contributed by atoms with Crippen molar-refractivity contribution in [2.45, 2.75) is 4.21 Å². The van der Waals surface area contributed by atoms with Crippen molar-refractivity contribution in [3.63, 3.8) is 0 Å². The van der Waals surface area contributed by atoms with Crippen LogP contribution in [0, 0.1) is 0 Å². The van der Waals surface area contributed by atoms with Crippen LogP contribution in [0.2, 0.25) is 8.67 Å². The summed E-state index contributed by atoms with van der Waals surface area (Å²) in [4.78, 5) is 14.1. The maximum atomic E-state index is 12.6. The van der Waals surface area contributed by atoms with E-state index in [0.29, 0.717) is 31.5 Å². The lowest BCUT2D eigenvalue weighted by atomic mass is 10.2. The summed E-state index contributed by atoms with van der Waals surface area (Å²) >= 11 is 17.5. The average Bonchev–Trinajstić information content (AvgIpc) is 3.12. The molecule has 0 unspecified atom stereocenters. The second-order valence-corrected chi connectivity index (χ2v) is 11.9. The highest BCUT2D eigenvalue weighted by Crippen LogP contribution is 2.33. The summed E-state index contributed by atoms with van der Waals surface area (Å²) < 4.78 is 28.4. The van der Waals surface area contributed by atoms with E-state index in [1.807, 2.05) is 0 Å². The van der Waals surface area contributed by atoms with Gasteiger partial charge in [0.05, 0.1) is 13.7 Å². The smallest absolute Gasteiger partial charge is 0.256 e. The molecule has 3 rings (SSSR count). The fraction of sp³-hybridized carbons (Fsp3) is 0.308. The maximum Gasteiger partial charge on any atom is 0.256 e. The number of piperazine rings is 1. The molecule has 0 bridgehead atoms. The molecule has 1 saturated heterocycles. The Kier molecular flexibility index (Phi) is 5.60. The van der Waals surface area contributed by atoms with Gasteiger partial charge in [-0.15, -0.1) is 22.7 Å². The van der Waals surface area contributed by atoms with Gasteiger partial charge in [-0.05, 0) is 34.1 Å². The van der Waals surface area contributed by atoms with Gasteiger partial charge in [0.15, 0.2) is 0 Å². The molecule has 130 valence electrons. The number of rotatable bonds is 3. The predicted octanol–water partition coefficient (Wildman–Crippen LogP) is 4.03. The van der Waals surface area contributed by atoms with Crippen molar-refractivity contribution in [1.82, 2.24) is 9.21 Å². The summed E-state index contributed by atoms with van der Waals surface area (Å²) in [6.07, 6.45) is 0. The van der Waals surface area contributed by atoms with E-state index in [1.165, 1.54) is 15.6 Å². The number of hydrogen-bond donors (Lipinski definition) is 0. The Balaban J connectivity index is 1.70. The first-order valence-electron chi connectivity index (χ1n) is 6.78. The van der Waals surface area contributed by atoms with Gasteiger partial charge in [0.2, 0.25) is 0 Å².